The number of hydrogen-bond donors (Lipinski definition) is 1. The highest BCUT2D eigenvalue weighted by Crippen LogP contribution is 2.15. The first-order valence-electron chi connectivity index (χ1n) is 7.13. The van der Waals surface area contributed by atoms with Crippen LogP contribution >= 0.6 is 11.6 Å². The molecule has 7 heteroatoms. The quantitative estimate of drug-likeness (QED) is 0.360. The Morgan fingerprint density at radius 3 is 2.46 bits per heavy atom. The van der Waals surface area contributed by atoms with Crippen molar-refractivity contribution in [1.82, 2.24) is 5.32 Å². The number of nitro groups is 1. The van der Waals surface area contributed by atoms with Crippen molar-refractivity contribution in [2.45, 2.75) is 0 Å². The number of carbonyl (C=O) groups excluding carboxylic acids is 1. The molecule has 0 unspecified atom stereocenters. The summed E-state index contributed by atoms with van der Waals surface area (Å²) in [5.41, 5.74) is 0.712. The number of non-ortho nitro benzene ring substituents is 1. The van der Waals surface area contributed by atoms with Crippen molar-refractivity contribution >= 4 is 29.3 Å². The number of nitro benzene ring substituents is 1. The van der Waals surface area contributed by atoms with Crippen LogP contribution in [0.1, 0.15) is 5.56 Å². The van der Waals surface area contributed by atoms with Gasteiger partial charge >= 0.3 is 0 Å². The Bertz CT molecular complexity index is 727. The van der Waals surface area contributed by atoms with Crippen LogP contribution in [0.15, 0.2) is 54.6 Å². The minimum Gasteiger partial charge on any atom is -0.492 e. The molecule has 0 aromatic heterocycles. The largest absolute Gasteiger partial charge is 0.492 e. The van der Waals surface area contributed by atoms with Gasteiger partial charge in [0.15, 0.2) is 0 Å². The average Bonchev–Trinajstić information content (AvgIpc) is 2.59. The molecule has 0 saturated heterocycles. The fraction of sp³-hybridized carbons (Fsp3) is 0.118. The van der Waals surface area contributed by atoms with E-state index in [1.165, 1.54) is 18.2 Å². The van der Waals surface area contributed by atoms with Gasteiger partial charge in [-0.25, -0.2) is 0 Å². The van der Waals surface area contributed by atoms with Gasteiger partial charge < -0.3 is 10.1 Å². The zero-order valence-corrected chi connectivity index (χ0v) is 13.4. The van der Waals surface area contributed by atoms with Gasteiger partial charge in [0, 0.05) is 23.2 Å². The van der Waals surface area contributed by atoms with E-state index in [1.54, 1.807) is 42.5 Å². The lowest BCUT2D eigenvalue weighted by atomic mass is 10.2. The predicted molar refractivity (Wildman–Crippen MR) is 92.1 cm³/mol. The summed E-state index contributed by atoms with van der Waals surface area (Å²) in [5.74, 6) is 0.406. The standard InChI is InChI=1S/C17H15ClN2O4/c18-14-4-8-16(9-5-14)24-12-11-19-17(21)10-3-13-1-6-15(7-2-13)20(22)23/h1-10H,11-12H2,(H,19,21)/b10-3-. The third-order valence-electron chi connectivity index (χ3n) is 3.01. The van der Waals surface area contributed by atoms with E-state index in [0.29, 0.717) is 29.5 Å². The predicted octanol–water partition coefficient (Wildman–Crippen LogP) is 3.46. The summed E-state index contributed by atoms with van der Waals surface area (Å²) >= 11 is 5.77. The van der Waals surface area contributed by atoms with E-state index in [0.717, 1.165) is 0 Å². The smallest absolute Gasteiger partial charge is 0.269 e. The molecule has 1 amide bonds. The number of benzene rings is 2. The van der Waals surface area contributed by atoms with E-state index in [9.17, 15) is 14.9 Å². The SMILES string of the molecule is O=C(/C=C\c1ccc([N+](=O)[O-])cc1)NCCOc1ccc(Cl)cc1. The summed E-state index contributed by atoms with van der Waals surface area (Å²) in [6.07, 6.45) is 2.95. The molecule has 0 bridgehead atoms. The summed E-state index contributed by atoms with van der Waals surface area (Å²) in [7, 11) is 0. The second-order valence-electron chi connectivity index (χ2n) is 4.78. The molecule has 6 nitrogen and oxygen atoms in total. The number of nitrogens with zero attached hydrogens (tertiary/aromatic N) is 1. The Morgan fingerprint density at radius 2 is 1.83 bits per heavy atom. The molecule has 2 rings (SSSR count). The van der Waals surface area contributed by atoms with Crippen molar-refractivity contribution < 1.29 is 14.5 Å². The maximum Gasteiger partial charge on any atom is 0.269 e. The van der Waals surface area contributed by atoms with Crippen LogP contribution in [-0.2, 0) is 4.79 Å². The number of nitrogens with one attached hydrogen (secondary N) is 1. The highest BCUT2D eigenvalue weighted by molar-refractivity contribution is 6.30. The highest BCUT2D eigenvalue weighted by atomic mass is 35.5. The second-order valence-corrected chi connectivity index (χ2v) is 5.21. The Morgan fingerprint density at radius 1 is 1.17 bits per heavy atom. The lowest BCUT2D eigenvalue weighted by Gasteiger charge is -2.06. The van der Waals surface area contributed by atoms with Crippen LogP contribution in [0, 0.1) is 10.1 Å². The summed E-state index contributed by atoms with van der Waals surface area (Å²) in [4.78, 5) is 21.7. The van der Waals surface area contributed by atoms with Gasteiger partial charge in [0.05, 0.1) is 11.5 Å². The zero-order valence-electron chi connectivity index (χ0n) is 12.6. The molecule has 2 aromatic carbocycles. The summed E-state index contributed by atoms with van der Waals surface area (Å²) in [6, 6.07) is 12.9. The van der Waals surface area contributed by atoms with Gasteiger partial charge in [-0.3, -0.25) is 14.9 Å². The van der Waals surface area contributed by atoms with Crippen molar-refractivity contribution in [2.24, 2.45) is 0 Å². The van der Waals surface area contributed by atoms with Gasteiger partial charge in [0.2, 0.25) is 5.91 Å². The van der Waals surface area contributed by atoms with Gasteiger partial charge in [-0.05, 0) is 48.0 Å². The number of ether oxygens (including phenoxy) is 1. The van der Waals surface area contributed by atoms with E-state index >= 15 is 0 Å². The normalized spacial score (nSPS) is 10.5. The fourth-order valence-corrected chi connectivity index (χ4v) is 1.94. The monoisotopic (exact) mass is 346 g/mol. The van der Waals surface area contributed by atoms with Gasteiger partial charge in [-0.15, -0.1) is 0 Å². The lowest BCUT2D eigenvalue weighted by molar-refractivity contribution is -0.384. The molecular formula is C17H15ClN2O4. The lowest BCUT2D eigenvalue weighted by Crippen LogP contribution is -2.26. The molecule has 0 radical (unpaired) electrons. The minimum atomic E-state index is -0.471. The molecule has 0 aliphatic rings. The van der Waals surface area contributed by atoms with Crippen LogP contribution in [0.25, 0.3) is 6.08 Å². The van der Waals surface area contributed by atoms with E-state index in [-0.39, 0.29) is 11.6 Å². The van der Waals surface area contributed by atoms with Crippen LogP contribution in [0.3, 0.4) is 0 Å². The third kappa shape index (κ3) is 5.73. The van der Waals surface area contributed by atoms with E-state index in [4.69, 9.17) is 16.3 Å². The van der Waals surface area contributed by atoms with E-state index in [1.807, 2.05) is 0 Å². The minimum absolute atomic E-state index is 0.0101. The molecular weight excluding hydrogens is 332 g/mol. The Balaban J connectivity index is 1.72. The van der Waals surface area contributed by atoms with E-state index < -0.39 is 4.92 Å². The van der Waals surface area contributed by atoms with Gasteiger partial charge in [-0.1, -0.05) is 11.6 Å². The number of carbonyl (C=O) groups is 1. The summed E-state index contributed by atoms with van der Waals surface area (Å²) in [5, 5.41) is 13.9. The molecule has 0 spiro atoms. The first-order valence-corrected chi connectivity index (χ1v) is 7.51. The maximum absolute atomic E-state index is 11.7. The molecule has 0 aliphatic carbocycles. The van der Waals surface area contributed by atoms with Crippen molar-refractivity contribution in [3.63, 3.8) is 0 Å². The number of amides is 1. The molecule has 0 aliphatic heterocycles. The van der Waals surface area contributed by atoms with Crippen LogP contribution < -0.4 is 10.1 Å². The zero-order chi connectivity index (χ0) is 17.4. The molecule has 0 atom stereocenters. The van der Waals surface area contributed by atoms with Crippen LogP contribution in [-0.4, -0.2) is 24.0 Å². The van der Waals surface area contributed by atoms with E-state index in [2.05, 4.69) is 5.32 Å². The Labute approximate surface area is 143 Å². The summed E-state index contributed by atoms with van der Waals surface area (Å²) in [6.45, 7) is 0.685. The second kappa shape index (κ2) is 8.69. The fourth-order valence-electron chi connectivity index (χ4n) is 1.81. The van der Waals surface area contributed by atoms with Crippen molar-refractivity contribution in [1.29, 1.82) is 0 Å². The van der Waals surface area contributed by atoms with Crippen LogP contribution in [0.2, 0.25) is 5.02 Å². The summed E-state index contributed by atoms with van der Waals surface area (Å²) < 4.78 is 5.45. The van der Waals surface area contributed by atoms with Gasteiger partial charge in [-0.2, -0.15) is 0 Å². The third-order valence-corrected chi connectivity index (χ3v) is 3.27. The first-order chi connectivity index (χ1) is 11.5. The van der Waals surface area contributed by atoms with Crippen LogP contribution in [0.4, 0.5) is 5.69 Å². The molecule has 0 saturated carbocycles. The first kappa shape index (κ1) is 17.5. The van der Waals surface area contributed by atoms with Crippen LogP contribution in [0.5, 0.6) is 5.75 Å². The Hall–Kier alpha value is -2.86. The molecule has 0 heterocycles. The Kier molecular flexibility index (Phi) is 6.33. The molecule has 24 heavy (non-hydrogen) atoms. The number of halogens is 1. The maximum atomic E-state index is 11.7. The van der Waals surface area contributed by atoms with Gasteiger partial charge in [0.25, 0.3) is 5.69 Å². The molecule has 0 fully saturated rings. The molecule has 1 N–H and O–H groups in total. The average molecular weight is 347 g/mol. The number of hydrogen-bond acceptors (Lipinski definition) is 4. The number of rotatable bonds is 7. The molecule has 2 aromatic rings. The van der Waals surface area contributed by atoms with Crippen molar-refractivity contribution in [2.75, 3.05) is 13.2 Å². The highest BCUT2D eigenvalue weighted by Gasteiger charge is 2.02. The van der Waals surface area contributed by atoms with Crippen molar-refractivity contribution in [3.05, 3.63) is 75.3 Å². The van der Waals surface area contributed by atoms with Crippen molar-refractivity contribution in [3.8, 4) is 5.75 Å². The topological polar surface area (TPSA) is 81.5 Å². The van der Waals surface area contributed by atoms with Gasteiger partial charge in [0.1, 0.15) is 12.4 Å². The molecule has 124 valence electrons.